The summed E-state index contributed by atoms with van der Waals surface area (Å²) in [5, 5.41) is 6.15. The maximum absolute atomic E-state index is 9.05. The molecule has 0 bridgehead atoms. The Hall–Kier alpha value is -6.44. The number of benzene rings is 9. The summed E-state index contributed by atoms with van der Waals surface area (Å²) in [5.41, 5.74) is 8.50. The van der Waals surface area contributed by atoms with E-state index in [1.807, 2.05) is 54.6 Å². The van der Waals surface area contributed by atoms with Crippen LogP contribution in [-0.2, 0) is 0 Å². The van der Waals surface area contributed by atoms with Gasteiger partial charge in [-0.1, -0.05) is 176 Å². The fraction of sp³-hybridized carbons (Fsp3) is 0. The number of hydrogen-bond acceptors (Lipinski definition) is 1. The van der Waals surface area contributed by atoms with Gasteiger partial charge in [0.05, 0.1) is 9.60 Å². The Balaban J connectivity index is 1.18. The third kappa shape index (κ3) is 4.40. The zero-order valence-corrected chi connectivity index (χ0v) is 26.2. The molecule has 0 aliphatic carbocycles. The van der Waals surface area contributed by atoms with Crippen LogP contribution >= 0.6 is 0 Å². The summed E-state index contributed by atoms with van der Waals surface area (Å²) in [6.07, 6.45) is 0. The molecular formula is C48H30O. The highest BCUT2D eigenvalue weighted by Gasteiger charge is 2.21. The first-order valence-electron chi connectivity index (χ1n) is 19.8. The van der Waals surface area contributed by atoms with Gasteiger partial charge in [0.1, 0.15) is 11.2 Å². The second kappa shape index (κ2) is 11.1. The van der Waals surface area contributed by atoms with Crippen molar-refractivity contribution in [2.24, 2.45) is 0 Å². The van der Waals surface area contributed by atoms with E-state index in [1.54, 1.807) is 0 Å². The zero-order chi connectivity index (χ0) is 38.4. The lowest BCUT2D eigenvalue weighted by Gasteiger charge is -2.18. The van der Waals surface area contributed by atoms with Crippen molar-refractivity contribution in [3.05, 3.63) is 182 Å². The largest absolute Gasteiger partial charge is 0.455 e. The minimum absolute atomic E-state index is 0.0561. The van der Waals surface area contributed by atoms with Crippen LogP contribution in [-0.4, -0.2) is 0 Å². The second-order valence-corrected chi connectivity index (χ2v) is 12.3. The summed E-state index contributed by atoms with van der Waals surface area (Å²) in [5.74, 6) is 0. The quantitative estimate of drug-likeness (QED) is 0.177. The van der Waals surface area contributed by atoms with Gasteiger partial charge in [-0.25, -0.2) is 0 Å². The van der Waals surface area contributed by atoms with E-state index >= 15 is 0 Å². The van der Waals surface area contributed by atoms with E-state index in [0.717, 1.165) is 76.9 Å². The molecule has 1 heterocycles. The molecule has 0 atom stereocenters. The van der Waals surface area contributed by atoms with E-state index in [0.29, 0.717) is 5.56 Å². The predicted octanol–water partition coefficient (Wildman–Crippen LogP) is 13.7. The van der Waals surface area contributed by atoms with Gasteiger partial charge in [0.15, 0.2) is 0 Å². The van der Waals surface area contributed by atoms with Crippen molar-refractivity contribution in [2.75, 3.05) is 0 Å². The Morgan fingerprint density at radius 2 is 0.878 bits per heavy atom. The lowest BCUT2D eigenvalue weighted by atomic mass is 9.85. The van der Waals surface area contributed by atoms with Gasteiger partial charge in [-0.2, -0.15) is 0 Å². The maximum atomic E-state index is 9.05. The summed E-state index contributed by atoms with van der Waals surface area (Å²) in [6.45, 7) is 0. The molecule has 9 aromatic carbocycles. The summed E-state index contributed by atoms with van der Waals surface area (Å²) in [6, 6.07) is 44.8. The molecule has 1 nitrogen and oxygen atoms in total. The molecule has 0 amide bonds. The van der Waals surface area contributed by atoms with Gasteiger partial charge in [0.25, 0.3) is 0 Å². The number of hydrogen-bond donors (Lipinski definition) is 0. The Morgan fingerprint density at radius 1 is 0.347 bits per heavy atom. The van der Waals surface area contributed by atoms with Crippen LogP contribution < -0.4 is 0 Å². The Labute approximate surface area is 294 Å². The van der Waals surface area contributed by atoms with Gasteiger partial charge < -0.3 is 4.42 Å². The molecule has 0 aliphatic rings. The van der Waals surface area contributed by atoms with Crippen molar-refractivity contribution < 1.29 is 14.0 Å². The first-order chi connectivity index (χ1) is 27.2. The molecule has 0 radical (unpaired) electrons. The fourth-order valence-corrected chi connectivity index (χ4v) is 7.32. The number of fused-ring (bicyclic) bond motifs is 6. The number of rotatable bonds is 4. The second-order valence-electron chi connectivity index (χ2n) is 12.3. The minimum Gasteiger partial charge on any atom is -0.455 e. The van der Waals surface area contributed by atoms with E-state index in [4.69, 9.17) is 14.0 Å². The summed E-state index contributed by atoms with van der Waals surface area (Å²) < 4.78 is 66.7. The van der Waals surface area contributed by atoms with E-state index in [1.165, 1.54) is 0 Å². The van der Waals surface area contributed by atoms with Gasteiger partial charge >= 0.3 is 0 Å². The average molecular weight is 630 g/mol. The SMILES string of the molecule is [2H]c1c([2H])c([2H])c2c([2H])c(-c3ccc(-c4c5ccccc5c(-c5cccc6c5oc5c(-c7ccccc7)cccc56)c5ccccc45)cc3)c([2H])c([2H])c2c1[2H]. The van der Waals surface area contributed by atoms with E-state index < -0.39 is 18.1 Å². The molecule has 0 N–H and O–H groups in total. The van der Waals surface area contributed by atoms with Crippen molar-refractivity contribution >= 4 is 54.3 Å². The molecule has 1 aromatic heterocycles. The molecule has 0 saturated heterocycles. The molecular weight excluding hydrogens is 593 g/mol. The van der Waals surface area contributed by atoms with Crippen LogP contribution in [0.3, 0.4) is 0 Å². The molecule has 0 fully saturated rings. The highest BCUT2D eigenvalue weighted by molar-refractivity contribution is 6.24. The van der Waals surface area contributed by atoms with E-state index in [9.17, 15) is 0 Å². The van der Waals surface area contributed by atoms with Gasteiger partial charge in [0, 0.05) is 27.5 Å². The van der Waals surface area contributed by atoms with Crippen molar-refractivity contribution in [2.45, 2.75) is 0 Å². The fourth-order valence-electron chi connectivity index (χ4n) is 7.32. The monoisotopic (exact) mass is 629 g/mol. The smallest absolute Gasteiger partial charge is 0.143 e. The summed E-state index contributed by atoms with van der Waals surface area (Å²) in [7, 11) is 0. The van der Waals surface area contributed by atoms with Crippen LogP contribution in [0.1, 0.15) is 9.60 Å². The van der Waals surface area contributed by atoms with E-state index in [-0.39, 0.29) is 40.5 Å². The van der Waals surface area contributed by atoms with E-state index in [2.05, 4.69) is 84.9 Å². The normalized spacial score (nSPS) is 13.7. The predicted molar refractivity (Wildman–Crippen MR) is 208 cm³/mol. The van der Waals surface area contributed by atoms with Gasteiger partial charge in [-0.15, -0.1) is 0 Å². The van der Waals surface area contributed by atoms with Gasteiger partial charge in [-0.05, 0) is 66.2 Å². The van der Waals surface area contributed by atoms with Crippen LogP contribution in [0.15, 0.2) is 186 Å². The lowest BCUT2D eigenvalue weighted by Crippen LogP contribution is -1.91. The standard InChI is InChI=1S/C48H30O/c1-2-13-33(14-3-1)37-20-10-21-42-43-22-11-23-44(48(43)49-47(37)42)46-40-18-8-6-16-38(40)45(39-17-7-9-19-41(39)46)34-27-24-32(25-28-34)36-29-26-31-12-4-5-15-35(31)30-36/h1-30H/i4D,5D,12D,15D,26D,29D,30D. The van der Waals surface area contributed by atoms with Crippen molar-refractivity contribution in [3.63, 3.8) is 0 Å². The highest BCUT2D eigenvalue weighted by atomic mass is 16.3. The zero-order valence-electron chi connectivity index (χ0n) is 33.2. The maximum Gasteiger partial charge on any atom is 0.143 e. The average Bonchev–Trinajstić information content (AvgIpc) is 3.63. The third-order valence-electron chi connectivity index (χ3n) is 9.52. The molecule has 0 spiro atoms. The Morgan fingerprint density at radius 3 is 1.55 bits per heavy atom. The summed E-state index contributed by atoms with van der Waals surface area (Å²) in [4.78, 5) is 0. The van der Waals surface area contributed by atoms with Gasteiger partial charge in [-0.3, -0.25) is 0 Å². The Kier molecular flexibility index (Phi) is 4.85. The molecule has 1 heteroatoms. The number of para-hydroxylation sites is 2. The molecule has 0 aliphatic heterocycles. The number of furan rings is 1. The molecule has 0 saturated carbocycles. The molecule has 10 rings (SSSR count). The summed E-state index contributed by atoms with van der Waals surface area (Å²) >= 11 is 0. The van der Waals surface area contributed by atoms with Crippen molar-refractivity contribution in [1.29, 1.82) is 0 Å². The van der Waals surface area contributed by atoms with Crippen LogP contribution in [0.25, 0.3) is 98.8 Å². The lowest BCUT2D eigenvalue weighted by molar-refractivity contribution is 0.671. The van der Waals surface area contributed by atoms with Gasteiger partial charge in [0.2, 0.25) is 0 Å². The first-order valence-corrected chi connectivity index (χ1v) is 16.3. The van der Waals surface area contributed by atoms with Crippen LogP contribution in [0.4, 0.5) is 0 Å². The van der Waals surface area contributed by atoms with Crippen molar-refractivity contribution in [3.8, 4) is 44.5 Å². The van der Waals surface area contributed by atoms with Crippen LogP contribution in [0.5, 0.6) is 0 Å². The Bertz CT molecular complexity index is 3200. The minimum atomic E-state index is -0.483. The van der Waals surface area contributed by atoms with Crippen molar-refractivity contribution in [1.82, 2.24) is 0 Å². The first kappa shape index (κ1) is 21.4. The third-order valence-corrected chi connectivity index (χ3v) is 9.52. The molecule has 228 valence electrons. The topological polar surface area (TPSA) is 13.1 Å². The highest BCUT2D eigenvalue weighted by Crippen LogP contribution is 2.47. The van der Waals surface area contributed by atoms with Crippen LogP contribution in [0.2, 0.25) is 0 Å². The molecule has 49 heavy (non-hydrogen) atoms. The van der Waals surface area contributed by atoms with Crippen LogP contribution in [0, 0.1) is 0 Å². The molecule has 0 unspecified atom stereocenters. The molecule has 10 aromatic rings.